The molecule has 3 nitrogen and oxygen atoms in total. The lowest BCUT2D eigenvalue weighted by Gasteiger charge is -2.12. The SMILES string of the molecule is CN1CCC(=O)CN=C1I. The van der Waals surface area contributed by atoms with E-state index in [2.05, 4.69) is 27.6 Å². The van der Waals surface area contributed by atoms with E-state index in [4.69, 9.17) is 0 Å². The maximum absolute atomic E-state index is 10.8. The molecule has 4 heteroatoms. The normalized spacial score (nSPS) is 20.4. The Balaban J connectivity index is 2.63. The summed E-state index contributed by atoms with van der Waals surface area (Å²) in [7, 11) is 1.95. The van der Waals surface area contributed by atoms with Gasteiger partial charge in [0.05, 0.1) is 0 Å². The maximum Gasteiger partial charge on any atom is 0.162 e. The summed E-state index contributed by atoms with van der Waals surface area (Å²) >= 11 is 2.14. The molecule has 0 aromatic heterocycles. The summed E-state index contributed by atoms with van der Waals surface area (Å²) in [5, 5.41) is 0. The van der Waals surface area contributed by atoms with Crippen molar-refractivity contribution in [2.75, 3.05) is 20.1 Å². The smallest absolute Gasteiger partial charge is 0.162 e. The van der Waals surface area contributed by atoms with Crippen LogP contribution in [0.4, 0.5) is 0 Å². The van der Waals surface area contributed by atoms with Crippen molar-refractivity contribution in [3.8, 4) is 0 Å². The average Bonchev–Trinajstić information content (AvgIpc) is 2.04. The number of ketones is 1. The molecule has 1 aliphatic heterocycles. The average molecular weight is 252 g/mol. The Labute approximate surface area is 73.6 Å². The zero-order valence-corrected chi connectivity index (χ0v) is 7.96. The number of amidine groups is 1. The Hall–Kier alpha value is -0.130. The maximum atomic E-state index is 10.8. The fourth-order valence-corrected chi connectivity index (χ4v) is 1.15. The standard InChI is InChI=1S/C6H9IN2O/c1-9-3-2-5(10)4-8-6(9)7/h2-4H2,1H3. The molecule has 0 radical (unpaired) electrons. The van der Waals surface area contributed by atoms with Crippen LogP contribution < -0.4 is 0 Å². The van der Waals surface area contributed by atoms with Crippen LogP contribution in [-0.2, 0) is 4.79 Å². The number of nitrogens with zero attached hydrogens (tertiary/aromatic N) is 2. The van der Waals surface area contributed by atoms with Gasteiger partial charge in [0.1, 0.15) is 6.54 Å². The molecule has 0 unspecified atom stereocenters. The minimum Gasteiger partial charge on any atom is -0.354 e. The van der Waals surface area contributed by atoms with Gasteiger partial charge < -0.3 is 4.90 Å². The van der Waals surface area contributed by atoms with E-state index in [9.17, 15) is 4.79 Å². The van der Waals surface area contributed by atoms with E-state index in [-0.39, 0.29) is 5.78 Å². The molecule has 0 atom stereocenters. The van der Waals surface area contributed by atoms with Crippen molar-refractivity contribution in [3.05, 3.63) is 0 Å². The second-order valence-corrected chi connectivity index (χ2v) is 3.26. The van der Waals surface area contributed by atoms with Crippen molar-refractivity contribution in [2.45, 2.75) is 6.42 Å². The Kier molecular flexibility index (Phi) is 2.64. The summed E-state index contributed by atoms with van der Waals surface area (Å²) in [6.07, 6.45) is 0.631. The summed E-state index contributed by atoms with van der Waals surface area (Å²) in [5.74, 6) is 0.235. The summed E-state index contributed by atoms with van der Waals surface area (Å²) in [5.41, 5.74) is 0. The second-order valence-electron chi connectivity index (χ2n) is 2.30. The van der Waals surface area contributed by atoms with Crippen LogP contribution in [-0.4, -0.2) is 34.7 Å². The monoisotopic (exact) mass is 252 g/mol. The number of carbonyl (C=O) groups excluding carboxylic acids is 1. The van der Waals surface area contributed by atoms with Gasteiger partial charge in [-0.15, -0.1) is 0 Å². The van der Waals surface area contributed by atoms with Crippen LogP contribution in [0.2, 0.25) is 0 Å². The molecule has 10 heavy (non-hydrogen) atoms. The molecule has 0 amide bonds. The van der Waals surface area contributed by atoms with E-state index in [1.165, 1.54) is 0 Å². The number of hydrogen-bond acceptors (Lipinski definition) is 3. The summed E-state index contributed by atoms with van der Waals surface area (Å²) < 4.78 is 0.934. The molecule has 0 spiro atoms. The highest BCUT2D eigenvalue weighted by molar-refractivity contribution is 14.1. The van der Waals surface area contributed by atoms with E-state index >= 15 is 0 Å². The van der Waals surface area contributed by atoms with Crippen molar-refractivity contribution in [1.82, 2.24) is 4.90 Å². The number of aliphatic imine (C=N–C) groups is 1. The van der Waals surface area contributed by atoms with Gasteiger partial charge in [-0.25, -0.2) is 0 Å². The molecule has 0 bridgehead atoms. The first-order valence-corrected chi connectivity index (χ1v) is 4.21. The highest BCUT2D eigenvalue weighted by atomic mass is 127. The zero-order valence-electron chi connectivity index (χ0n) is 5.80. The molecule has 0 aromatic carbocycles. The van der Waals surface area contributed by atoms with Crippen LogP contribution in [0, 0.1) is 0 Å². The van der Waals surface area contributed by atoms with Crippen LogP contribution in [0.25, 0.3) is 0 Å². The molecular weight excluding hydrogens is 243 g/mol. The van der Waals surface area contributed by atoms with Crippen LogP contribution in [0.1, 0.15) is 6.42 Å². The van der Waals surface area contributed by atoms with Crippen molar-refractivity contribution in [2.24, 2.45) is 4.99 Å². The van der Waals surface area contributed by atoms with Gasteiger partial charge in [0.2, 0.25) is 0 Å². The first kappa shape index (κ1) is 7.97. The van der Waals surface area contributed by atoms with Crippen LogP contribution >= 0.6 is 22.6 Å². The Morgan fingerprint density at radius 3 is 3.10 bits per heavy atom. The summed E-state index contributed by atoms with van der Waals surface area (Å²) in [6, 6.07) is 0. The second kappa shape index (κ2) is 3.32. The van der Waals surface area contributed by atoms with Gasteiger partial charge in [-0.3, -0.25) is 9.79 Å². The van der Waals surface area contributed by atoms with Crippen molar-refractivity contribution in [3.63, 3.8) is 0 Å². The van der Waals surface area contributed by atoms with Crippen molar-refractivity contribution >= 4 is 32.2 Å². The Morgan fingerprint density at radius 2 is 2.40 bits per heavy atom. The van der Waals surface area contributed by atoms with Gasteiger partial charge in [-0.1, -0.05) is 0 Å². The van der Waals surface area contributed by atoms with E-state index in [1.807, 2.05) is 11.9 Å². The van der Waals surface area contributed by atoms with E-state index in [1.54, 1.807) is 0 Å². The molecular formula is C6H9IN2O. The molecule has 1 rings (SSSR count). The fraction of sp³-hybridized carbons (Fsp3) is 0.667. The van der Waals surface area contributed by atoms with Crippen molar-refractivity contribution in [1.29, 1.82) is 0 Å². The van der Waals surface area contributed by atoms with Gasteiger partial charge in [0.25, 0.3) is 0 Å². The predicted octanol–water partition coefficient (Wildman–Crippen LogP) is 0.682. The van der Waals surface area contributed by atoms with Gasteiger partial charge >= 0.3 is 0 Å². The lowest BCUT2D eigenvalue weighted by molar-refractivity contribution is -0.117. The summed E-state index contributed by atoms with van der Waals surface area (Å²) in [6.45, 7) is 1.17. The number of carbonyl (C=O) groups is 1. The molecule has 0 N–H and O–H groups in total. The molecule has 0 fully saturated rings. The van der Waals surface area contributed by atoms with Crippen LogP contribution in [0.3, 0.4) is 0 Å². The number of Topliss-reactive ketones (excluding diaryl/α,β-unsaturated/α-hetero) is 1. The van der Waals surface area contributed by atoms with Gasteiger partial charge in [0.15, 0.2) is 9.63 Å². The minimum absolute atomic E-state index is 0.235. The quantitative estimate of drug-likeness (QED) is 0.469. The number of hydrogen-bond donors (Lipinski definition) is 0. The third kappa shape index (κ3) is 1.93. The number of halogens is 1. The van der Waals surface area contributed by atoms with Crippen LogP contribution in [0.15, 0.2) is 4.99 Å². The highest BCUT2D eigenvalue weighted by Crippen LogP contribution is 2.03. The Bertz CT molecular complexity index is 179. The molecule has 0 saturated carbocycles. The van der Waals surface area contributed by atoms with E-state index in [0.717, 1.165) is 10.4 Å². The lowest BCUT2D eigenvalue weighted by atomic mass is 10.3. The predicted molar refractivity (Wildman–Crippen MR) is 48.6 cm³/mol. The molecule has 1 aliphatic rings. The largest absolute Gasteiger partial charge is 0.354 e. The van der Waals surface area contributed by atoms with E-state index < -0.39 is 0 Å². The molecule has 56 valence electrons. The minimum atomic E-state index is 0.235. The lowest BCUT2D eigenvalue weighted by Crippen LogP contribution is -2.22. The highest BCUT2D eigenvalue weighted by Gasteiger charge is 2.10. The first-order chi connectivity index (χ1) is 4.70. The third-order valence-electron chi connectivity index (χ3n) is 1.43. The molecule has 0 saturated heterocycles. The molecule has 1 heterocycles. The molecule has 0 aliphatic carbocycles. The molecule has 0 aromatic rings. The van der Waals surface area contributed by atoms with Crippen LogP contribution in [0.5, 0.6) is 0 Å². The third-order valence-corrected chi connectivity index (χ3v) is 2.59. The topological polar surface area (TPSA) is 32.7 Å². The Morgan fingerprint density at radius 1 is 1.70 bits per heavy atom. The number of rotatable bonds is 0. The van der Waals surface area contributed by atoms with Gasteiger partial charge in [0, 0.05) is 20.0 Å². The van der Waals surface area contributed by atoms with Gasteiger partial charge in [-0.2, -0.15) is 0 Å². The van der Waals surface area contributed by atoms with Gasteiger partial charge in [-0.05, 0) is 22.6 Å². The first-order valence-electron chi connectivity index (χ1n) is 3.13. The fourth-order valence-electron chi connectivity index (χ4n) is 0.738. The van der Waals surface area contributed by atoms with Crippen molar-refractivity contribution < 1.29 is 4.79 Å². The zero-order chi connectivity index (χ0) is 7.56. The van der Waals surface area contributed by atoms with E-state index in [0.29, 0.717) is 13.0 Å². The summed E-state index contributed by atoms with van der Waals surface area (Å²) in [4.78, 5) is 16.9.